The number of nitro benzene ring substituents is 1. The van der Waals surface area contributed by atoms with Crippen molar-refractivity contribution in [3.63, 3.8) is 0 Å². The van der Waals surface area contributed by atoms with Gasteiger partial charge < -0.3 is 9.47 Å². The summed E-state index contributed by atoms with van der Waals surface area (Å²) >= 11 is 12.4. The fraction of sp³-hybridized carbons (Fsp3) is 0.0952. The third kappa shape index (κ3) is 5.20. The molecule has 0 radical (unpaired) electrons. The minimum Gasteiger partial charge on any atom is -0.493 e. The Hall–Kier alpha value is -3.29. The number of para-hydroxylation sites is 1. The average molecular weight is 446 g/mol. The second kappa shape index (κ2) is 9.96. The predicted molar refractivity (Wildman–Crippen MR) is 118 cm³/mol. The highest BCUT2D eigenvalue weighted by Gasteiger charge is 2.12. The van der Waals surface area contributed by atoms with E-state index in [0.717, 1.165) is 0 Å². The lowest BCUT2D eigenvalue weighted by molar-refractivity contribution is -0.384. The molecule has 3 rings (SSSR count). The first kappa shape index (κ1) is 21.4. The summed E-state index contributed by atoms with van der Waals surface area (Å²) in [5.41, 5.74) is 4.51. The molecule has 3 aromatic carbocycles. The van der Waals surface area contributed by atoms with Crippen LogP contribution >= 0.6 is 23.2 Å². The smallest absolute Gasteiger partial charge is 0.271 e. The Morgan fingerprint density at radius 1 is 1.10 bits per heavy atom. The van der Waals surface area contributed by atoms with Gasteiger partial charge in [-0.15, -0.1) is 0 Å². The van der Waals surface area contributed by atoms with Crippen LogP contribution in [-0.2, 0) is 6.61 Å². The molecule has 0 aliphatic heterocycles. The number of hydrazone groups is 1. The summed E-state index contributed by atoms with van der Waals surface area (Å²) in [6.45, 7) is 0.137. The van der Waals surface area contributed by atoms with Gasteiger partial charge in [0.15, 0.2) is 11.5 Å². The van der Waals surface area contributed by atoms with Crippen molar-refractivity contribution in [3.05, 3.63) is 92.0 Å². The largest absolute Gasteiger partial charge is 0.493 e. The topological polar surface area (TPSA) is 86.0 Å². The molecule has 0 aromatic heterocycles. The van der Waals surface area contributed by atoms with Crippen molar-refractivity contribution in [2.45, 2.75) is 6.61 Å². The lowest BCUT2D eigenvalue weighted by atomic mass is 10.2. The molecule has 30 heavy (non-hydrogen) atoms. The number of nitrogens with zero attached hydrogens (tertiary/aromatic N) is 2. The van der Waals surface area contributed by atoms with Crippen LogP contribution in [0.4, 0.5) is 11.4 Å². The third-order valence-electron chi connectivity index (χ3n) is 4.11. The van der Waals surface area contributed by atoms with Crippen LogP contribution in [0.1, 0.15) is 11.1 Å². The van der Waals surface area contributed by atoms with Crippen LogP contribution in [0.3, 0.4) is 0 Å². The van der Waals surface area contributed by atoms with Crippen molar-refractivity contribution in [1.82, 2.24) is 0 Å². The molecule has 0 saturated carbocycles. The summed E-state index contributed by atoms with van der Waals surface area (Å²) in [7, 11) is 1.53. The van der Waals surface area contributed by atoms with Gasteiger partial charge in [-0.2, -0.15) is 5.10 Å². The van der Waals surface area contributed by atoms with Crippen molar-refractivity contribution < 1.29 is 14.4 Å². The number of benzene rings is 3. The summed E-state index contributed by atoms with van der Waals surface area (Å²) in [5, 5.41) is 16.0. The van der Waals surface area contributed by atoms with Crippen molar-refractivity contribution in [2.24, 2.45) is 5.10 Å². The Bertz CT molecular complexity index is 1070. The van der Waals surface area contributed by atoms with E-state index >= 15 is 0 Å². The number of halogens is 2. The normalized spacial score (nSPS) is 10.8. The number of hydrogen-bond acceptors (Lipinski definition) is 6. The highest BCUT2D eigenvalue weighted by Crippen LogP contribution is 2.33. The Morgan fingerprint density at radius 2 is 1.80 bits per heavy atom. The maximum Gasteiger partial charge on any atom is 0.271 e. The van der Waals surface area contributed by atoms with Gasteiger partial charge in [0.25, 0.3) is 5.69 Å². The minimum atomic E-state index is -0.470. The molecule has 0 amide bonds. The maximum atomic E-state index is 10.9. The van der Waals surface area contributed by atoms with Gasteiger partial charge in [-0.3, -0.25) is 15.5 Å². The molecule has 0 spiro atoms. The first-order chi connectivity index (χ1) is 14.5. The van der Waals surface area contributed by atoms with E-state index in [0.29, 0.717) is 38.4 Å². The molecule has 0 aliphatic carbocycles. The first-order valence-corrected chi connectivity index (χ1v) is 9.51. The van der Waals surface area contributed by atoms with Gasteiger partial charge in [-0.25, -0.2) is 0 Å². The number of nitro groups is 1. The molecule has 0 fully saturated rings. The van der Waals surface area contributed by atoms with Crippen LogP contribution in [0.5, 0.6) is 11.5 Å². The van der Waals surface area contributed by atoms with Crippen LogP contribution in [0, 0.1) is 10.1 Å². The number of methoxy groups -OCH3 is 1. The van der Waals surface area contributed by atoms with Gasteiger partial charge in [0, 0.05) is 33.3 Å². The predicted octanol–water partition coefficient (Wildman–Crippen LogP) is 5.94. The summed E-state index contributed by atoms with van der Waals surface area (Å²) < 4.78 is 11.4. The molecule has 0 heterocycles. The molecule has 1 N–H and O–H groups in total. The molecular weight excluding hydrogens is 429 g/mol. The summed E-state index contributed by atoms with van der Waals surface area (Å²) in [6.07, 6.45) is 1.53. The molecule has 0 saturated heterocycles. The monoisotopic (exact) mass is 445 g/mol. The number of ether oxygens (including phenoxy) is 2. The van der Waals surface area contributed by atoms with E-state index in [1.165, 1.54) is 25.5 Å². The minimum absolute atomic E-state index is 0.0304. The van der Waals surface area contributed by atoms with Gasteiger partial charge >= 0.3 is 0 Å². The van der Waals surface area contributed by atoms with Gasteiger partial charge in [0.2, 0.25) is 0 Å². The number of non-ortho nitro benzene ring substituents is 1. The Labute approximate surface area is 183 Å². The first-order valence-electron chi connectivity index (χ1n) is 8.76. The molecule has 0 unspecified atom stereocenters. The van der Waals surface area contributed by atoms with Crippen molar-refractivity contribution in [3.8, 4) is 11.5 Å². The SMILES string of the molecule is COc1cccc(C=NNc2cccc([N+](=O)[O-])c2)c1OCc1c(Cl)cccc1Cl. The second-order valence-corrected chi connectivity index (χ2v) is 6.86. The van der Waals surface area contributed by atoms with E-state index in [4.69, 9.17) is 32.7 Å². The lowest BCUT2D eigenvalue weighted by Gasteiger charge is -2.14. The van der Waals surface area contributed by atoms with E-state index in [-0.39, 0.29) is 12.3 Å². The molecule has 0 atom stereocenters. The van der Waals surface area contributed by atoms with Crippen LogP contribution in [0.2, 0.25) is 10.0 Å². The third-order valence-corrected chi connectivity index (χ3v) is 4.81. The van der Waals surface area contributed by atoms with Gasteiger partial charge in [0.1, 0.15) is 6.61 Å². The number of hydrogen-bond donors (Lipinski definition) is 1. The van der Waals surface area contributed by atoms with Crippen molar-refractivity contribution in [1.29, 1.82) is 0 Å². The fourth-order valence-corrected chi connectivity index (χ4v) is 3.14. The summed E-state index contributed by atoms with van der Waals surface area (Å²) in [5.74, 6) is 0.970. The number of nitrogens with one attached hydrogen (secondary N) is 1. The average Bonchev–Trinajstić information content (AvgIpc) is 2.74. The number of rotatable bonds is 8. The van der Waals surface area contributed by atoms with E-state index in [9.17, 15) is 10.1 Å². The summed E-state index contributed by atoms with van der Waals surface area (Å²) in [6, 6.07) is 16.6. The van der Waals surface area contributed by atoms with Gasteiger partial charge in [0.05, 0.1) is 23.9 Å². The zero-order chi connectivity index (χ0) is 21.5. The zero-order valence-electron chi connectivity index (χ0n) is 15.8. The van der Waals surface area contributed by atoms with E-state index in [1.807, 2.05) is 0 Å². The molecule has 0 bridgehead atoms. The van der Waals surface area contributed by atoms with Crippen LogP contribution < -0.4 is 14.9 Å². The van der Waals surface area contributed by atoms with E-state index in [1.54, 1.807) is 48.5 Å². The standard InChI is InChI=1S/C21H17Cl2N3O4/c1-29-20-10-2-5-14(12-24-25-15-6-3-7-16(11-15)26(27)28)21(20)30-13-17-18(22)8-4-9-19(17)23/h2-12,25H,13H2,1H3. The Morgan fingerprint density at radius 3 is 2.50 bits per heavy atom. The van der Waals surface area contributed by atoms with Crippen LogP contribution in [0.25, 0.3) is 0 Å². The van der Waals surface area contributed by atoms with E-state index < -0.39 is 4.92 Å². The molecule has 3 aromatic rings. The quantitative estimate of drug-likeness (QED) is 0.263. The van der Waals surface area contributed by atoms with Crippen molar-refractivity contribution in [2.75, 3.05) is 12.5 Å². The van der Waals surface area contributed by atoms with Crippen LogP contribution in [0.15, 0.2) is 65.8 Å². The lowest BCUT2D eigenvalue weighted by Crippen LogP contribution is -2.02. The van der Waals surface area contributed by atoms with Crippen molar-refractivity contribution >= 4 is 40.8 Å². The maximum absolute atomic E-state index is 10.9. The van der Waals surface area contributed by atoms with Gasteiger partial charge in [-0.05, 0) is 30.3 Å². The molecule has 154 valence electrons. The molecular formula is C21H17Cl2N3O4. The van der Waals surface area contributed by atoms with Gasteiger partial charge in [-0.1, -0.05) is 41.4 Å². The Balaban J connectivity index is 1.81. The molecule has 7 nitrogen and oxygen atoms in total. The fourth-order valence-electron chi connectivity index (χ4n) is 2.63. The molecule has 9 heteroatoms. The molecule has 0 aliphatic rings. The number of anilines is 1. The zero-order valence-corrected chi connectivity index (χ0v) is 17.4. The summed E-state index contributed by atoms with van der Waals surface area (Å²) in [4.78, 5) is 10.4. The second-order valence-electron chi connectivity index (χ2n) is 6.04. The van der Waals surface area contributed by atoms with E-state index in [2.05, 4.69) is 10.5 Å². The van der Waals surface area contributed by atoms with Crippen LogP contribution in [-0.4, -0.2) is 18.2 Å². The highest BCUT2D eigenvalue weighted by molar-refractivity contribution is 6.35. The highest BCUT2D eigenvalue weighted by atomic mass is 35.5. The Kier molecular flexibility index (Phi) is 7.11.